The number of nitrogens with zero attached hydrogens (tertiary/aromatic N) is 1. The van der Waals surface area contributed by atoms with Crippen LogP contribution in [0.2, 0.25) is 0 Å². The van der Waals surface area contributed by atoms with E-state index in [-0.39, 0.29) is 23.7 Å². The molecule has 1 unspecified atom stereocenters. The van der Waals surface area contributed by atoms with Gasteiger partial charge in [-0.1, -0.05) is 6.92 Å². The lowest BCUT2D eigenvalue weighted by Gasteiger charge is -2.35. The summed E-state index contributed by atoms with van der Waals surface area (Å²) >= 11 is 0. The summed E-state index contributed by atoms with van der Waals surface area (Å²) < 4.78 is 13.1. The number of Topliss-reactive ketones (excluding diaryl/α,β-unsaturated/α-hetero) is 1. The second-order valence-corrected chi connectivity index (χ2v) is 6.89. The minimum Gasteiger partial charge on any atom is -0.341 e. The number of amides is 1. The molecule has 2 fully saturated rings. The van der Waals surface area contributed by atoms with Crippen molar-refractivity contribution in [1.29, 1.82) is 0 Å². The number of hydrogen-bond donors (Lipinski definition) is 2. The Balaban J connectivity index is 1.76. The quantitative estimate of drug-likeness (QED) is 0.790. The standard InChI is InChI=1S/C16H28FN3O2/c1-10(7-15(21)14-8-13(17)9-19-14)12-3-5-20(6-4-12)16(22)11(2)18/h10-14,19H,3-9,18H2,1-2H3/t10?,11-,13-,14-/m0/s1. The maximum atomic E-state index is 13.1. The molecule has 2 heterocycles. The van der Waals surface area contributed by atoms with Gasteiger partial charge in [0.25, 0.3) is 0 Å². The molecule has 4 atom stereocenters. The number of nitrogens with two attached hydrogens (primary N) is 1. The summed E-state index contributed by atoms with van der Waals surface area (Å²) in [4.78, 5) is 25.9. The zero-order valence-electron chi connectivity index (χ0n) is 13.6. The Morgan fingerprint density at radius 1 is 1.32 bits per heavy atom. The van der Waals surface area contributed by atoms with Gasteiger partial charge in [0.05, 0.1) is 12.1 Å². The van der Waals surface area contributed by atoms with Gasteiger partial charge < -0.3 is 16.0 Å². The van der Waals surface area contributed by atoms with Crippen molar-refractivity contribution in [3.8, 4) is 0 Å². The topological polar surface area (TPSA) is 75.4 Å². The van der Waals surface area contributed by atoms with Crippen LogP contribution in [0.1, 0.15) is 39.5 Å². The Morgan fingerprint density at radius 2 is 1.95 bits per heavy atom. The predicted molar refractivity (Wildman–Crippen MR) is 83.0 cm³/mol. The van der Waals surface area contributed by atoms with Crippen LogP contribution < -0.4 is 11.1 Å². The van der Waals surface area contributed by atoms with Gasteiger partial charge in [-0.05, 0) is 31.6 Å². The van der Waals surface area contributed by atoms with E-state index in [1.54, 1.807) is 6.92 Å². The van der Waals surface area contributed by atoms with Crippen LogP contribution in [-0.4, -0.2) is 54.5 Å². The highest BCUT2D eigenvalue weighted by Crippen LogP contribution is 2.28. The summed E-state index contributed by atoms with van der Waals surface area (Å²) in [5.74, 6) is 0.859. The molecule has 0 saturated carbocycles. The Hall–Kier alpha value is -1.01. The third-order valence-corrected chi connectivity index (χ3v) is 5.03. The summed E-state index contributed by atoms with van der Waals surface area (Å²) in [5.41, 5.74) is 5.63. The Kier molecular flexibility index (Phi) is 5.92. The van der Waals surface area contributed by atoms with E-state index in [9.17, 15) is 14.0 Å². The second kappa shape index (κ2) is 7.51. The largest absolute Gasteiger partial charge is 0.341 e. The first-order chi connectivity index (χ1) is 10.4. The number of ketones is 1. The highest BCUT2D eigenvalue weighted by atomic mass is 19.1. The third-order valence-electron chi connectivity index (χ3n) is 5.03. The van der Waals surface area contributed by atoms with Crippen molar-refractivity contribution in [3.05, 3.63) is 0 Å². The highest BCUT2D eigenvalue weighted by Gasteiger charge is 2.32. The van der Waals surface area contributed by atoms with Crippen LogP contribution >= 0.6 is 0 Å². The fourth-order valence-corrected chi connectivity index (χ4v) is 3.54. The molecule has 0 aromatic rings. The fourth-order valence-electron chi connectivity index (χ4n) is 3.54. The minimum atomic E-state index is -0.892. The Labute approximate surface area is 131 Å². The summed E-state index contributed by atoms with van der Waals surface area (Å²) in [6.07, 6.45) is 1.74. The van der Waals surface area contributed by atoms with Gasteiger partial charge in [0, 0.05) is 32.5 Å². The summed E-state index contributed by atoms with van der Waals surface area (Å²) in [5, 5.41) is 2.96. The molecule has 6 heteroatoms. The zero-order chi connectivity index (χ0) is 16.3. The minimum absolute atomic E-state index is 0.00585. The van der Waals surface area contributed by atoms with Crippen molar-refractivity contribution in [2.75, 3.05) is 19.6 Å². The number of halogens is 1. The third kappa shape index (κ3) is 4.26. The van der Waals surface area contributed by atoms with Crippen LogP contribution in [0.15, 0.2) is 0 Å². The zero-order valence-corrected chi connectivity index (χ0v) is 13.6. The van der Waals surface area contributed by atoms with Crippen molar-refractivity contribution >= 4 is 11.7 Å². The van der Waals surface area contributed by atoms with E-state index >= 15 is 0 Å². The van der Waals surface area contributed by atoms with Crippen LogP contribution in [0, 0.1) is 11.8 Å². The molecule has 0 bridgehead atoms. The van der Waals surface area contributed by atoms with Gasteiger partial charge in [-0.25, -0.2) is 4.39 Å². The van der Waals surface area contributed by atoms with Crippen LogP contribution in [0.4, 0.5) is 4.39 Å². The SMILES string of the molecule is CC(CC(=O)[C@@H]1C[C@H](F)CN1)C1CCN(C(=O)[C@H](C)N)CC1. The number of carbonyl (C=O) groups is 2. The Bertz CT molecular complexity index is 408. The molecule has 2 aliphatic rings. The highest BCUT2D eigenvalue weighted by molar-refractivity contribution is 5.84. The molecule has 2 saturated heterocycles. The van der Waals surface area contributed by atoms with E-state index in [0.29, 0.717) is 25.3 Å². The molecule has 22 heavy (non-hydrogen) atoms. The normalized spacial score (nSPS) is 29.4. The number of piperidine rings is 1. The molecule has 126 valence electrons. The predicted octanol–water partition coefficient (Wildman–Crippen LogP) is 0.868. The van der Waals surface area contributed by atoms with Gasteiger partial charge in [-0.15, -0.1) is 0 Å². The van der Waals surface area contributed by atoms with E-state index in [1.165, 1.54) is 0 Å². The average molecular weight is 313 g/mol. The smallest absolute Gasteiger partial charge is 0.239 e. The van der Waals surface area contributed by atoms with E-state index in [4.69, 9.17) is 5.73 Å². The van der Waals surface area contributed by atoms with Crippen LogP contribution in [0.5, 0.6) is 0 Å². The second-order valence-electron chi connectivity index (χ2n) is 6.89. The fraction of sp³-hybridized carbons (Fsp3) is 0.875. The van der Waals surface area contributed by atoms with E-state index in [2.05, 4.69) is 12.2 Å². The molecule has 0 radical (unpaired) electrons. The first-order valence-corrected chi connectivity index (χ1v) is 8.33. The lowest BCUT2D eigenvalue weighted by atomic mass is 9.81. The molecular weight excluding hydrogens is 285 g/mol. The molecule has 0 spiro atoms. The van der Waals surface area contributed by atoms with Gasteiger partial charge in [0.2, 0.25) is 5.91 Å². The van der Waals surface area contributed by atoms with Gasteiger partial charge in [0.15, 0.2) is 0 Å². The van der Waals surface area contributed by atoms with Gasteiger partial charge >= 0.3 is 0 Å². The number of rotatable bonds is 5. The molecule has 0 aliphatic carbocycles. The molecule has 2 rings (SSSR count). The van der Waals surface area contributed by atoms with Crippen molar-refractivity contribution in [3.63, 3.8) is 0 Å². The number of likely N-dealkylation sites (tertiary alicyclic amines) is 1. The van der Waals surface area contributed by atoms with Crippen molar-refractivity contribution < 1.29 is 14.0 Å². The van der Waals surface area contributed by atoms with Crippen LogP contribution in [-0.2, 0) is 9.59 Å². The monoisotopic (exact) mass is 313 g/mol. The van der Waals surface area contributed by atoms with E-state index in [1.807, 2.05) is 4.90 Å². The molecule has 1 amide bonds. The van der Waals surface area contributed by atoms with Crippen LogP contribution in [0.25, 0.3) is 0 Å². The van der Waals surface area contributed by atoms with Crippen molar-refractivity contribution in [1.82, 2.24) is 10.2 Å². The Morgan fingerprint density at radius 3 is 2.45 bits per heavy atom. The number of carbonyl (C=O) groups excluding carboxylic acids is 2. The van der Waals surface area contributed by atoms with Crippen molar-refractivity contribution in [2.45, 2.75) is 57.8 Å². The number of alkyl halides is 1. The average Bonchev–Trinajstić information content (AvgIpc) is 2.93. The molecule has 3 N–H and O–H groups in total. The number of hydrogen-bond acceptors (Lipinski definition) is 4. The first-order valence-electron chi connectivity index (χ1n) is 8.33. The van der Waals surface area contributed by atoms with Crippen molar-refractivity contribution in [2.24, 2.45) is 17.6 Å². The molecule has 2 aliphatic heterocycles. The molecule has 5 nitrogen and oxygen atoms in total. The van der Waals surface area contributed by atoms with Gasteiger partial charge in [-0.3, -0.25) is 9.59 Å². The summed E-state index contributed by atoms with van der Waals surface area (Å²) in [6, 6.07) is -0.755. The summed E-state index contributed by atoms with van der Waals surface area (Å²) in [7, 11) is 0. The maximum Gasteiger partial charge on any atom is 0.239 e. The summed E-state index contributed by atoms with van der Waals surface area (Å²) in [6.45, 7) is 5.54. The number of nitrogens with one attached hydrogen (secondary N) is 1. The van der Waals surface area contributed by atoms with E-state index in [0.717, 1.165) is 25.9 Å². The lowest BCUT2D eigenvalue weighted by molar-refractivity contribution is -0.134. The molecule has 0 aromatic carbocycles. The molecule has 0 aromatic heterocycles. The van der Waals surface area contributed by atoms with Gasteiger partial charge in [0.1, 0.15) is 12.0 Å². The van der Waals surface area contributed by atoms with Gasteiger partial charge in [-0.2, -0.15) is 0 Å². The van der Waals surface area contributed by atoms with E-state index < -0.39 is 12.2 Å². The first kappa shape index (κ1) is 17.3. The molecular formula is C16H28FN3O2. The lowest BCUT2D eigenvalue weighted by Crippen LogP contribution is -2.46. The maximum absolute atomic E-state index is 13.1. The van der Waals surface area contributed by atoms with Crippen LogP contribution in [0.3, 0.4) is 0 Å².